The van der Waals surface area contributed by atoms with Crippen LogP contribution >= 0.6 is 22.6 Å². The van der Waals surface area contributed by atoms with Crippen LogP contribution in [-0.2, 0) is 0 Å². The number of aromatic nitrogens is 2. The summed E-state index contributed by atoms with van der Waals surface area (Å²) in [4.78, 5) is 22.0. The second kappa shape index (κ2) is 4.08. The molecule has 1 aromatic heterocycles. The molecule has 0 saturated heterocycles. The highest BCUT2D eigenvalue weighted by Gasteiger charge is 2.23. The Bertz CT molecular complexity index is 602. The minimum absolute atomic E-state index is 0.0255. The molecule has 1 N–H and O–H groups in total. The average molecular weight is 332 g/mol. The van der Waals surface area contributed by atoms with Crippen LogP contribution in [0.25, 0.3) is 5.69 Å². The van der Waals surface area contributed by atoms with Crippen molar-refractivity contribution in [3.63, 3.8) is 0 Å². The number of carbonyl (C=O) groups is 1. The molecule has 0 aliphatic rings. The van der Waals surface area contributed by atoms with E-state index in [1.54, 1.807) is 40.8 Å². The minimum atomic E-state index is -1.32. The lowest BCUT2D eigenvalue weighted by molar-refractivity contribution is -0.682. The Labute approximate surface area is 103 Å². The van der Waals surface area contributed by atoms with Crippen molar-refractivity contribution in [2.75, 3.05) is 0 Å². The van der Waals surface area contributed by atoms with Gasteiger partial charge in [-0.1, -0.05) is 12.1 Å². The topological polar surface area (TPSA) is 90.0 Å². The molecule has 6 nitrogen and oxygen atoms in total. The normalized spacial score (nSPS) is 10.3. The number of nitrogens with one attached hydrogen (secondary N) is 1. The van der Waals surface area contributed by atoms with E-state index in [1.165, 1.54) is 10.7 Å². The molecule has 82 valence electrons. The number of para-hydroxylation sites is 1. The lowest BCUT2D eigenvalue weighted by Gasteiger charge is -2.02. The number of hydrogen-bond donors (Lipinski definition) is 1. The molecule has 0 bridgehead atoms. The van der Waals surface area contributed by atoms with Crippen LogP contribution in [0.5, 0.6) is 0 Å². The fourth-order valence-electron chi connectivity index (χ4n) is 1.26. The molecular formula is C9H5IN2O4. The summed E-state index contributed by atoms with van der Waals surface area (Å²) in [5.74, 6) is -1.32. The smallest absolute Gasteiger partial charge is 0.441 e. The SMILES string of the molecule is O=C([O-])c1ccccc1-[n+]1[nH]oc(=O)c1I. The largest absolute Gasteiger partial charge is 0.545 e. The number of carboxylic acids is 1. The van der Waals surface area contributed by atoms with Crippen LogP contribution in [0.4, 0.5) is 0 Å². The van der Waals surface area contributed by atoms with E-state index >= 15 is 0 Å². The monoisotopic (exact) mass is 332 g/mol. The molecule has 0 spiro atoms. The van der Waals surface area contributed by atoms with Crippen LogP contribution in [0, 0.1) is 3.70 Å². The number of nitrogens with zero attached hydrogens (tertiary/aromatic N) is 1. The summed E-state index contributed by atoms with van der Waals surface area (Å²) in [6, 6.07) is 6.15. The van der Waals surface area contributed by atoms with Crippen molar-refractivity contribution in [1.82, 2.24) is 5.27 Å². The Morgan fingerprint density at radius 2 is 2.12 bits per heavy atom. The molecule has 0 amide bonds. The van der Waals surface area contributed by atoms with Gasteiger partial charge in [-0.2, -0.15) is 0 Å². The van der Waals surface area contributed by atoms with Crippen molar-refractivity contribution in [3.05, 3.63) is 43.9 Å². The Hall–Kier alpha value is -1.64. The summed E-state index contributed by atoms with van der Waals surface area (Å²) in [7, 11) is 0. The van der Waals surface area contributed by atoms with Crippen LogP contribution in [-0.4, -0.2) is 11.2 Å². The Morgan fingerprint density at radius 3 is 2.69 bits per heavy atom. The van der Waals surface area contributed by atoms with E-state index in [0.29, 0.717) is 0 Å². The van der Waals surface area contributed by atoms with Gasteiger partial charge in [-0.05, 0) is 16.0 Å². The fourth-order valence-corrected chi connectivity index (χ4v) is 1.73. The van der Waals surface area contributed by atoms with Gasteiger partial charge in [0, 0.05) is 28.7 Å². The van der Waals surface area contributed by atoms with Gasteiger partial charge < -0.3 is 9.90 Å². The standard InChI is InChI=1S/C9H5IN2O4/c10-7-9(15)16-11-12(7)6-4-2-1-3-5(6)8(13)14/h1-4H,(H-,11,13,14,15). The van der Waals surface area contributed by atoms with Crippen molar-refractivity contribution in [2.24, 2.45) is 0 Å². The van der Waals surface area contributed by atoms with Gasteiger partial charge in [-0.3, -0.25) is 4.52 Å². The average Bonchev–Trinajstić information content (AvgIpc) is 2.60. The van der Waals surface area contributed by atoms with Gasteiger partial charge in [-0.15, -0.1) is 0 Å². The van der Waals surface area contributed by atoms with E-state index < -0.39 is 11.6 Å². The molecule has 1 heterocycles. The van der Waals surface area contributed by atoms with Crippen LogP contribution in [0.15, 0.2) is 33.6 Å². The van der Waals surface area contributed by atoms with E-state index in [2.05, 4.69) is 9.79 Å². The van der Waals surface area contributed by atoms with Crippen molar-refractivity contribution in [1.29, 1.82) is 0 Å². The highest BCUT2D eigenvalue weighted by atomic mass is 127. The fraction of sp³-hybridized carbons (Fsp3) is 0. The number of hydrogen-bond acceptors (Lipinski definition) is 4. The second-order valence-corrected chi connectivity index (χ2v) is 3.93. The van der Waals surface area contributed by atoms with E-state index in [4.69, 9.17) is 0 Å². The zero-order valence-electron chi connectivity index (χ0n) is 7.77. The van der Waals surface area contributed by atoms with Crippen molar-refractivity contribution in [3.8, 4) is 5.69 Å². The molecule has 1 aromatic carbocycles. The predicted octanol–water partition coefficient (Wildman–Crippen LogP) is -0.787. The van der Waals surface area contributed by atoms with Crippen molar-refractivity contribution in [2.45, 2.75) is 0 Å². The highest BCUT2D eigenvalue weighted by molar-refractivity contribution is 14.1. The molecule has 0 fully saturated rings. The predicted molar refractivity (Wildman–Crippen MR) is 57.9 cm³/mol. The first-order chi connectivity index (χ1) is 7.61. The van der Waals surface area contributed by atoms with E-state index in [0.717, 1.165) is 0 Å². The van der Waals surface area contributed by atoms with Crippen LogP contribution in [0.3, 0.4) is 0 Å². The van der Waals surface area contributed by atoms with E-state index in [9.17, 15) is 14.7 Å². The molecule has 2 rings (SSSR count). The number of halogens is 1. The molecule has 0 atom stereocenters. The van der Waals surface area contributed by atoms with Gasteiger partial charge in [0.05, 0.1) is 11.5 Å². The maximum Gasteiger partial charge on any atom is 0.441 e. The van der Waals surface area contributed by atoms with Crippen molar-refractivity contribution >= 4 is 28.6 Å². The second-order valence-electron chi connectivity index (χ2n) is 2.91. The number of rotatable bonds is 2. The Kier molecular flexibility index (Phi) is 2.77. The van der Waals surface area contributed by atoms with Gasteiger partial charge in [0.15, 0.2) is 0 Å². The zero-order valence-corrected chi connectivity index (χ0v) is 9.93. The van der Waals surface area contributed by atoms with Gasteiger partial charge in [0.2, 0.25) is 5.69 Å². The number of aromatic carboxylic acids is 1. The molecule has 0 radical (unpaired) electrons. The van der Waals surface area contributed by atoms with Gasteiger partial charge in [-0.25, -0.2) is 4.79 Å². The van der Waals surface area contributed by atoms with Crippen LogP contribution in [0.2, 0.25) is 0 Å². The summed E-state index contributed by atoms with van der Waals surface area (Å²) in [5, 5.41) is 13.2. The molecule has 0 unspecified atom stereocenters. The molecule has 0 saturated carbocycles. The van der Waals surface area contributed by atoms with Crippen molar-refractivity contribution < 1.29 is 19.1 Å². The van der Waals surface area contributed by atoms with Gasteiger partial charge >= 0.3 is 9.33 Å². The maximum absolute atomic E-state index is 11.1. The lowest BCUT2D eigenvalue weighted by atomic mass is 10.2. The third kappa shape index (κ3) is 1.73. The summed E-state index contributed by atoms with van der Waals surface area (Å²) >= 11 is 1.76. The molecule has 0 aliphatic heterocycles. The third-order valence-electron chi connectivity index (χ3n) is 1.96. The first kappa shape index (κ1) is 10.9. The summed E-state index contributed by atoms with van der Waals surface area (Å²) in [5.41, 5.74) is -0.297. The lowest BCUT2D eigenvalue weighted by Crippen LogP contribution is -2.40. The summed E-state index contributed by atoms with van der Waals surface area (Å²) < 4.78 is 6.02. The number of carbonyl (C=O) groups excluding carboxylic acids is 1. The molecule has 0 aliphatic carbocycles. The molecule has 7 heteroatoms. The van der Waals surface area contributed by atoms with E-state index in [-0.39, 0.29) is 15.0 Å². The van der Waals surface area contributed by atoms with Gasteiger partial charge in [0.1, 0.15) is 0 Å². The highest BCUT2D eigenvalue weighted by Crippen LogP contribution is 2.07. The number of H-pyrrole nitrogens is 1. The Balaban J connectivity index is 2.69. The van der Waals surface area contributed by atoms with Gasteiger partial charge in [0.25, 0.3) is 0 Å². The summed E-state index contributed by atoms with van der Waals surface area (Å²) in [6.07, 6.45) is 0. The zero-order chi connectivity index (χ0) is 11.7. The number of aromatic amines is 1. The third-order valence-corrected chi connectivity index (χ3v) is 2.88. The first-order valence-electron chi connectivity index (χ1n) is 4.21. The van der Waals surface area contributed by atoms with Crippen LogP contribution in [0.1, 0.15) is 10.4 Å². The number of carboxylic acid groups (broad SMARTS) is 1. The molecule has 2 aromatic rings. The maximum atomic E-state index is 11.1. The summed E-state index contributed by atoms with van der Waals surface area (Å²) in [6.45, 7) is 0. The first-order valence-corrected chi connectivity index (χ1v) is 5.29. The van der Waals surface area contributed by atoms with E-state index in [1.807, 2.05) is 0 Å². The molecule has 16 heavy (non-hydrogen) atoms. The molecular weight excluding hydrogens is 327 g/mol. The minimum Gasteiger partial charge on any atom is -0.545 e. The Morgan fingerprint density at radius 1 is 1.44 bits per heavy atom. The quantitative estimate of drug-likeness (QED) is 0.577. The van der Waals surface area contributed by atoms with Crippen LogP contribution < -0.4 is 15.4 Å². The number of benzene rings is 1.